The smallest absolute Gasteiger partial charge is 0.389 e. The van der Waals surface area contributed by atoms with Crippen LogP contribution in [-0.4, -0.2) is 37.3 Å². The molecule has 2 heterocycles. The number of rotatable bonds is 6. The van der Waals surface area contributed by atoms with Gasteiger partial charge in [0.1, 0.15) is 11.4 Å². The summed E-state index contributed by atoms with van der Waals surface area (Å²) in [7, 11) is 0. The molecule has 8 nitrogen and oxygen atoms in total. The Bertz CT molecular complexity index is 1260. The molecule has 0 spiro atoms. The Morgan fingerprint density at radius 2 is 1.89 bits per heavy atom. The topological polar surface area (TPSA) is 118 Å². The summed E-state index contributed by atoms with van der Waals surface area (Å²) in [6, 6.07) is 6.61. The van der Waals surface area contributed by atoms with Crippen LogP contribution in [-0.2, 0) is 12.7 Å². The minimum absolute atomic E-state index is 0.00253. The minimum Gasteiger partial charge on any atom is -0.389 e. The van der Waals surface area contributed by atoms with E-state index < -0.39 is 17.3 Å². The molecule has 1 fully saturated rings. The van der Waals surface area contributed by atoms with Crippen LogP contribution >= 0.6 is 0 Å². The summed E-state index contributed by atoms with van der Waals surface area (Å²) in [6.07, 6.45) is 0.578. The quantitative estimate of drug-likeness (QED) is 0.412. The van der Waals surface area contributed by atoms with E-state index in [0.29, 0.717) is 29.3 Å². The van der Waals surface area contributed by atoms with Crippen LogP contribution in [0.3, 0.4) is 0 Å². The molecule has 0 unspecified atom stereocenters. The van der Waals surface area contributed by atoms with Gasteiger partial charge in [-0.1, -0.05) is 0 Å². The van der Waals surface area contributed by atoms with Gasteiger partial charge in [0.15, 0.2) is 0 Å². The first-order chi connectivity index (χ1) is 16.4. The number of aromatic nitrogens is 3. The lowest BCUT2D eigenvalue weighted by Gasteiger charge is -2.28. The summed E-state index contributed by atoms with van der Waals surface area (Å²) in [5, 5.41) is 17.0. The third-order valence-electron chi connectivity index (χ3n) is 6.00. The molecule has 0 amide bonds. The van der Waals surface area contributed by atoms with E-state index in [0.717, 1.165) is 19.0 Å². The maximum atomic E-state index is 13.6. The molecule has 1 aliphatic carbocycles. The fourth-order valence-electron chi connectivity index (χ4n) is 4.25. The summed E-state index contributed by atoms with van der Waals surface area (Å²) in [6.45, 7) is 3.38. The first-order valence-electron chi connectivity index (χ1n) is 11.5. The van der Waals surface area contributed by atoms with Gasteiger partial charge in [-0.25, -0.2) is 4.98 Å². The Hall–Kier alpha value is -3.18. The Kier molecular flexibility index (Phi) is 6.74. The van der Waals surface area contributed by atoms with Gasteiger partial charge in [0.2, 0.25) is 5.95 Å². The summed E-state index contributed by atoms with van der Waals surface area (Å²) in [5.74, 6) is -0.270. The van der Waals surface area contributed by atoms with Gasteiger partial charge in [0.25, 0.3) is 5.56 Å². The Morgan fingerprint density at radius 3 is 2.54 bits per heavy atom. The highest BCUT2D eigenvalue weighted by atomic mass is 19.4. The van der Waals surface area contributed by atoms with E-state index in [1.807, 2.05) is 0 Å². The van der Waals surface area contributed by atoms with Crippen LogP contribution in [0.4, 0.5) is 30.6 Å². The first kappa shape index (κ1) is 24.9. The number of benzene rings is 1. The van der Waals surface area contributed by atoms with Crippen LogP contribution in [0, 0.1) is 0 Å². The second-order valence-electron chi connectivity index (χ2n) is 9.70. The Balaban J connectivity index is 1.59. The lowest BCUT2D eigenvalue weighted by Crippen LogP contribution is -2.33. The summed E-state index contributed by atoms with van der Waals surface area (Å²) in [5.41, 5.74) is 4.20. The van der Waals surface area contributed by atoms with Crippen molar-refractivity contribution in [1.29, 1.82) is 0 Å². The molecule has 35 heavy (non-hydrogen) atoms. The molecule has 1 aromatic carbocycles. The number of pyridine rings is 1. The fraction of sp³-hybridized carbons (Fsp3) is 0.458. The van der Waals surface area contributed by atoms with Crippen molar-refractivity contribution in [2.45, 2.75) is 69.9 Å². The predicted octanol–water partition coefficient (Wildman–Crippen LogP) is 4.01. The van der Waals surface area contributed by atoms with Crippen molar-refractivity contribution in [2.75, 3.05) is 10.6 Å². The number of nitrogens with two attached hydrogens (primary N) is 1. The molecule has 4 rings (SSSR count). The van der Waals surface area contributed by atoms with Crippen molar-refractivity contribution in [2.24, 2.45) is 5.73 Å². The molecule has 5 N–H and O–H groups in total. The number of anilines is 3. The van der Waals surface area contributed by atoms with Crippen LogP contribution in [0.25, 0.3) is 10.8 Å². The Labute approximate surface area is 200 Å². The minimum atomic E-state index is -4.60. The normalized spacial score (nSPS) is 19.1. The van der Waals surface area contributed by atoms with Crippen molar-refractivity contribution in [3.63, 3.8) is 0 Å². The van der Waals surface area contributed by atoms with Crippen molar-refractivity contribution in [1.82, 2.24) is 14.5 Å². The lowest BCUT2D eigenvalue weighted by atomic mass is 9.92. The molecule has 1 saturated carbocycles. The fourth-order valence-corrected chi connectivity index (χ4v) is 4.25. The zero-order valence-corrected chi connectivity index (χ0v) is 19.6. The molecule has 188 valence electrons. The molecule has 0 aliphatic heterocycles. The number of alkyl halides is 3. The monoisotopic (exact) mass is 490 g/mol. The van der Waals surface area contributed by atoms with Crippen molar-refractivity contribution in [3.05, 3.63) is 52.6 Å². The van der Waals surface area contributed by atoms with Crippen molar-refractivity contribution >= 4 is 28.2 Å². The predicted molar refractivity (Wildman–Crippen MR) is 129 cm³/mol. The van der Waals surface area contributed by atoms with Crippen LogP contribution in [0.1, 0.15) is 45.1 Å². The lowest BCUT2D eigenvalue weighted by molar-refractivity contribution is -0.137. The van der Waals surface area contributed by atoms with Gasteiger partial charge in [-0.15, -0.1) is 0 Å². The highest BCUT2D eigenvalue weighted by molar-refractivity contribution is 5.85. The molecule has 3 aromatic rings. The van der Waals surface area contributed by atoms with E-state index >= 15 is 0 Å². The summed E-state index contributed by atoms with van der Waals surface area (Å²) < 4.78 is 42.1. The zero-order chi connectivity index (χ0) is 25.4. The third kappa shape index (κ3) is 6.09. The van der Waals surface area contributed by atoms with E-state index in [-0.39, 0.29) is 36.0 Å². The number of aliphatic hydroxyl groups is 1. The van der Waals surface area contributed by atoms with Gasteiger partial charge < -0.3 is 26.0 Å². The van der Waals surface area contributed by atoms with Gasteiger partial charge in [-0.2, -0.15) is 18.2 Å². The third-order valence-corrected chi connectivity index (χ3v) is 6.00. The maximum absolute atomic E-state index is 13.6. The number of halogens is 3. The van der Waals surface area contributed by atoms with E-state index in [4.69, 9.17) is 5.73 Å². The molecule has 0 atom stereocenters. The largest absolute Gasteiger partial charge is 0.421 e. The van der Waals surface area contributed by atoms with Crippen LogP contribution in [0.5, 0.6) is 0 Å². The van der Waals surface area contributed by atoms with Crippen molar-refractivity contribution < 1.29 is 18.3 Å². The van der Waals surface area contributed by atoms with Gasteiger partial charge in [0, 0.05) is 35.6 Å². The molecule has 0 radical (unpaired) electrons. The number of nitrogens with zero attached hydrogens (tertiary/aromatic N) is 3. The van der Waals surface area contributed by atoms with Crippen LogP contribution in [0.15, 0.2) is 41.5 Å². The van der Waals surface area contributed by atoms with Gasteiger partial charge >= 0.3 is 6.18 Å². The average Bonchev–Trinajstić information content (AvgIpc) is 2.76. The highest BCUT2D eigenvalue weighted by Gasteiger charge is 2.36. The SMILES string of the molecule is CC(C)(O)Cn1ccc2cc(Nc3ncc(C(F)(F)F)c(NC4CCC(N)CC4)n3)ccc2c1=O. The second kappa shape index (κ2) is 9.46. The number of nitrogens with one attached hydrogen (secondary N) is 2. The standard InChI is InChI=1S/C24H29F3N6O2/c1-23(2,35)13-33-10-9-14-11-17(7-8-18(14)21(33)34)31-22-29-12-19(24(25,26)27)20(32-22)30-16-5-3-15(28)4-6-16/h7-12,15-16,35H,3-6,13,28H2,1-2H3,(H2,29,30,31,32). The summed E-state index contributed by atoms with van der Waals surface area (Å²) in [4.78, 5) is 20.7. The molecule has 0 saturated heterocycles. The molecular formula is C24H29F3N6O2. The van der Waals surface area contributed by atoms with Crippen LogP contribution < -0.4 is 21.9 Å². The van der Waals surface area contributed by atoms with Gasteiger partial charge in [-0.05, 0) is 69.2 Å². The number of fused-ring (bicyclic) bond motifs is 1. The number of hydrogen-bond donors (Lipinski definition) is 4. The van der Waals surface area contributed by atoms with E-state index in [9.17, 15) is 23.1 Å². The van der Waals surface area contributed by atoms with E-state index in [2.05, 4.69) is 20.6 Å². The van der Waals surface area contributed by atoms with Crippen LogP contribution in [0.2, 0.25) is 0 Å². The van der Waals surface area contributed by atoms with Gasteiger partial charge in [0.05, 0.1) is 12.1 Å². The molecular weight excluding hydrogens is 461 g/mol. The molecule has 0 bridgehead atoms. The first-order valence-corrected chi connectivity index (χ1v) is 11.5. The molecule has 1 aliphatic rings. The van der Waals surface area contributed by atoms with Gasteiger partial charge in [-0.3, -0.25) is 4.79 Å². The van der Waals surface area contributed by atoms with E-state index in [1.54, 1.807) is 44.3 Å². The molecule has 11 heteroatoms. The number of hydrogen-bond acceptors (Lipinski definition) is 7. The summed E-state index contributed by atoms with van der Waals surface area (Å²) >= 11 is 0. The second-order valence-corrected chi connectivity index (χ2v) is 9.70. The van der Waals surface area contributed by atoms with E-state index in [1.165, 1.54) is 4.57 Å². The maximum Gasteiger partial charge on any atom is 0.421 e. The highest BCUT2D eigenvalue weighted by Crippen LogP contribution is 2.35. The molecule has 2 aromatic heterocycles. The van der Waals surface area contributed by atoms with Crippen molar-refractivity contribution in [3.8, 4) is 0 Å². The Morgan fingerprint density at radius 1 is 1.17 bits per heavy atom. The zero-order valence-electron chi connectivity index (χ0n) is 19.6. The average molecular weight is 491 g/mol.